The Balaban J connectivity index is 0.000000437. The molecule has 0 aromatic carbocycles. The molecule has 0 saturated carbocycles. The average Bonchev–Trinajstić information content (AvgIpc) is 2.29. The summed E-state index contributed by atoms with van der Waals surface area (Å²) in [6, 6.07) is -0.624. The number of hydrogen-bond donors (Lipinski definition) is 3. The van der Waals surface area contributed by atoms with E-state index in [2.05, 4.69) is 4.53 Å². The second-order valence-corrected chi connectivity index (χ2v) is 2.85. The number of carbonyl (C=O) groups is 2. The van der Waals surface area contributed by atoms with Crippen LogP contribution in [0.3, 0.4) is 0 Å². The highest BCUT2D eigenvalue weighted by Gasteiger charge is 2.62. The van der Waals surface area contributed by atoms with Crippen molar-refractivity contribution in [3.63, 3.8) is 0 Å². The number of primary amides is 2. The Labute approximate surface area is 91.9 Å². The normalized spacial score (nSPS) is 18.4. The van der Waals surface area contributed by atoms with Gasteiger partial charge in [0, 0.05) is 0 Å². The number of halogens is 4. The highest BCUT2D eigenvalue weighted by molar-refractivity contribution is 6.50. The summed E-state index contributed by atoms with van der Waals surface area (Å²) >= 11 is 0. The molecule has 4 amide bonds. The molecule has 0 bridgehead atoms. The molecule has 1 heterocycles. The van der Waals surface area contributed by atoms with E-state index in [4.69, 9.17) is 11.5 Å². The summed E-state index contributed by atoms with van der Waals surface area (Å²) in [6.45, 7) is 0. The number of hydroxylamine groups is 4. The second-order valence-electron chi connectivity index (χ2n) is 2.85. The standard InChI is InChI=1S/C5H9N3O4.BF4/c6-5(7)12-8(11)3(9)1-2-4(8)10;2-1(3,4)5/h11H,1-2,6-7H2;/q+2;-1. The molecular weight excluding hydrogens is 253 g/mol. The third-order valence-corrected chi connectivity index (χ3v) is 1.47. The number of rotatable bonds is 1. The molecule has 0 radical (unpaired) electrons. The SMILES string of the molecule is F[B-](F)(F)F.NC(N)=[O+][N+]1(O)C(=O)CCC1=O. The zero-order valence-electron chi connectivity index (χ0n) is 8.28. The number of hydrogen-bond acceptors (Lipinski definition) is 3. The minimum atomic E-state index is -6.00. The van der Waals surface area contributed by atoms with Gasteiger partial charge >= 0.3 is 25.1 Å². The van der Waals surface area contributed by atoms with Crippen LogP contribution in [0.4, 0.5) is 21.8 Å². The first-order valence-electron chi connectivity index (χ1n) is 4.10. The van der Waals surface area contributed by atoms with Crippen molar-refractivity contribution in [1.82, 2.24) is 0 Å². The number of quaternary nitrogens is 1. The number of urea groups is 1. The number of imide groups is 1. The van der Waals surface area contributed by atoms with E-state index in [1.807, 2.05) is 0 Å². The van der Waals surface area contributed by atoms with E-state index >= 15 is 0 Å². The summed E-state index contributed by atoms with van der Waals surface area (Å²) in [7, 11) is -6.00. The molecule has 0 aromatic heterocycles. The fraction of sp³-hybridized carbons (Fsp3) is 0.400. The van der Waals surface area contributed by atoms with Crippen LogP contribution >= 0.6 is 0 Å². The Morgan fingerprint density at radius 1 is 1.18 bits per heavy atom. The molecular formula is C5H9BF4N3O4+. The largest absolute Gasteiger partial charge is 0.673 e. The maximum Gasteiger partial charge on any atom is 0.673 e. The van der Waals surface area contributed by atoms with Gasteiger partial charge in [-0.05, 0) is 0 Å². The van der Waals surface area contributed by atoms with Gasteiger partial charge in [0.2, 0.25) is 0 Å². The number of nitrogens with zero attached hydrogens (tertiary/aromatic N) is 1. The minimum absolute atomic E-state index is 0.0669. The van der Waals surface area contributed by atoms with Gasteiger partial charge in [-0.3, -0.25) is 11.5 Å². The molecule has 1 rings (SSSR count). The molecule has 1 fully saturated rings. The summed E-state index contributed by atoms with van der Waals surface area (Å²) in [5.41, 5.74) is 9.75. The van der Waals surface area contributed by atoms with Crippen LogP contribution in [0, 0.1) is 0 Å². The van der Waals surface area contributed by atoms with Crippen LogP contribution in [0.25, 0.3) is 0 Å². The van der Waals surface area contributed by atoms with Crippen LogP contribution in [0.2, 0.25) is 0 Å². The van der Waals surface area contributed by atoms with Gasteiger partial charge in [-0.25, -0.2) is 9.59 Å². The van der Waals surface area contributed by atoms with Gasteiger partial charge in [-0.1, -0.05) is 0 Å². The fourth-order valence-electron chi connectivity index (χ4n) is 0.910. The summed E-state index contributed by atoms with van der Waals surface area (Å²) in [6.07, 6.45) is -0.134. The maximum absolute atomic E-state index is 10.9. The van der Waals surface area contributed by atoms with E-state index in [1.54, 1.807) is 0 Å². The monoisotopic (exact) mass is 262 g/mol. The van der Waals surface area contributed by atoms with Crippen LogP contribution < -0.4 is 11.5 Å². The van der Waals surface area contributed by atoms with Crippen molar-refractivity contribution in [3.05, 3.63) is 0 Å². The van der Waals surface area contributed by atoms with Crippen LogP contribution in [-0.4, -0.2) is 35.1 Å². The molecule has 17 heavy (non-hydrogen) atoms. The molecule has 1 aliphatic heterocycles. The summed E-state index contributed by atoms with van der Waals surface area (Å²) in [5.74, 6) is -1.54. The Morgan fingerprint density at radius 2 is 1.47 bits per heavy atom. The first-order valence-corrected chi connectivity index (χ1v) is 4.10. The van der Waals surface area contributed by atoms with E-state index in [0.717, 1.165) is 0 Å². The highest BCUT2D eigenvalue weighted by Crippen LogP contribution is 2.22. The first-order chi connectivity index (χ1) is 7.47. The molecule has 5 N–H and O–H groups in total. The van der Waals surface area contributed by atoms with Crippen molar-refractivity contribution in [3.8, 4) is 0 Å². The molecule has 7 nitrogen and oxygen atoms in total. The van der Waals surface area contributed by atoms with Crippen molar-refractivity contribution >= 4 is 25.1 Å². The van der Waals surface area contributed by atoms with Gasteiger partial charge in [-0.15, -0.1) is 5.21 Å². The smallest absolute Gasteiger partial charge is 0.418 e. The van der Waals surface area contributed by atoms with Crippen LogP contribution in [0.15, 0.2) is 0 Å². The predicted octanol–water partition coefficient (Wildman–Crippen LogP) is -0.173. The number of amides is 4. The highest BCUT2D eigenvalue weighted by atomic mass is 19.5. The van der Waals surface area contributed by atoms with Crippen LogP contribution in [0.1, 0.15) is 12.8 Å². The van der Waals surface area contributed by atoms with E-state index in [1.165, 1.54) is 0 Å². The van der Waals surface area contributed by atoms with Crippen LogP contribution in [0.5, 0.6) is 0 Å². The lowest BCUT2D eigenvalue weighted by Gasteiger charge is -1.96. The Morgan fingerprint density at radius 3 is 1.71 bits per heavy atom. The third kappa shape index (κ3) is 5.26. The zero-order valence-corrected chi connectivity index (χ0v) is 8.28. The predicted molar refractivity (Wildman–Crippen MR) is 45.3 cm³/mol. The van der Waals surface area contributed by atoms with Crippen LogP contribution in [-0.2, 0) is 9.59 Å². The molecule has 12 heteroatoms. The fourth-order valence-corrected chi connectivity index (χ4v) is 0.910. The topological polar surface area (TPSA) is 118 Å². The van der Waals surface area contributed by atoms with Crippen molar-refractivity contribution < 1.29 is 41.4 Å². The zero-order chi connectivity index (χ0) is 13.9. The summed E-state index contributed by atoms with van der Waals surface area (Å²) < 4.78 is 43.3. The molecule has 0 spiro atoms. The lowest BCUT2D eigenvalue weighted by molar-refractivity contribution is -1.23. The number of nitrogens with two attached hydrogens (primary N) is 2. The quantitative estimate of drug-likeness (QED) is 0.152. The Kier molecular flexibility index (Phi) is 4.59. The van der Waals surface area contributed by atoms with Gasteiger partial charge in [0.1, 0.15) is 0 Å². The number of carbonyl (C=O) groups excluding carboxylic acids is 3. The molecule has 0 unspecified atom stereocenters. The molecule has 0 atom stereocenters. The second kappa shape index (κ2) is 5.10. The third-order valence-electron chi connectivity index (χ3n) is 1.47. The summed E-state index contributed by atoms with van der Waals surface area (Å²) in [4.78, 5) is 20.0. The Bertz CT molecular complexity index is 332. The maximum atomic E-state index is 10.9. The van der Waals surface area contributed by atoms with Gasteiger partial charge in [0.15, 0.2) is 0 Å². The van der Waals surface area contributed by atoms with Gasteiger partial charge in [0.05, 0.1) is 17.4 Å². The Hall–Kier alpha value is -1.69. The lowest BCUT2D eigenvalue weighted by Crippen LogP contribution is -2.44. The molecule has 98 valence electrons. The molecule has 0 aromatic rings. The van der Waals surface area contributed by atoms with Crippen molar-refractivity contribution in [2.45, 2.75) is 12.8 Å². The van der Waals surface area contributed by atoms with Crippen molar-refractivity contribution in [1.29, 1.82) is 0 Å². The van der Waals surface area contributed by atoms with Gasteiger partial charge in [-0.2, -0.15) is 0 Å². The molecule has 0 aliphatic carbocycles. The van der Waals surface area contributed by atoms with Gasteiger partial charge < -0.3 is 17.3 Å². The molecule has 1 aliphatic rings. The first kappa shape index (κ1) is 15.3. The average molecular weight is 262 g/mol. The molecule has 1 saturated heterocycles. The van der Waals surface area contributed by atoms with Gasteiger partial charge in [0.25, 0.3) is 4.81 Å². The minimum Gasteiger partial charge on any atom is -0.418 e. The van der Waals surface area contributed by atoms with Crippen molar-refractivity contribution in [2.75, 3.05) is 0 Å². The summed E-state index contributed by atoms with van der Waals surface area (Å²) in [5, 5.41) is 9.23. The van der Waals surface area contributed by atoms with E-state index < -0.39 is 29.9 Å². The van der Waals surface area contributed by atoms with E-state index in [0.29, 0.717) is 0 Å². The lowest BCUT2D eigenvalue weighted by atomic mass is 10.3. The van der Waals surface area contributed by atoms with E-state index in [9.17, 15) is 32.1 Å². The van der Waals surface area contributed by atoms with Crippen molar-refractivity contribution in [2.24, 2.45) is 11.5 Å². The van der Waals surface area contributed by atoms with E-state index in [-0.39, 0.29) is 12.8 Å².